The Bertz CT molecular complexity index is 931. The van der Waals surface area contributed by atoms with Gasteiger partial charge in [0.05, 0.1) is 5.75 Å². The van der Waals surface area contributed by atoms with Crippen molar-refractivity contribution >= 4 is 51.4 Å². The number of fused-ring (bicyclic) bond motifs is 1. The summed E-state index contributed by atoms with van der Waals surface area (Å²) in [5.74, 6) is -2.44. The highest BCUT2D eigenvalue weighted by molar-refractivity contribution is 8.01. The van der Waals surface area contributed by atoms with E-state index < -0.39 is 5.76 Å². The van der Waals surface area contributed by atoms with E-state index in [1.807, 2.05) is 19.9 Å². The van der Waals surface area contributed by atoms with Crippen LogP contribution in [0.5, 0.6) is 0 Å². The number of carbonyl (C=O) groups is 1. The van der Waals surface area contributed by atoms with Crippen LogP contribution in [0.25, 0.3) is 4.96 Å². The third kappa shape index (κ3) is 4.89. The molecule has 1 N–H and O–H groups in total. The Morgan fingerprint density at radius 3 is 2.73 bits per heavy atom. The van der Waals surface area contributed by atoms with Crippen molar-refractivity contribution in [2.75, 3.05) is 11.1 Å². The van der Waals surface area contributed by atoms with Gasteiger partial charge < -0.3 is 5.32 Å². The van der Waals surface area contributed by atoms with Crippen molar-refractivity contribution in [3.8, 4) is 0 Å². The summed E-state index contributed by atoms with van der Waals surface area (Å²) in [5, 5.41) is 7.20. The Balaban J connectivity index is 1.58. The Morgan fingerprint density at radius 1 is 1.31 bits per heavy atom. The fraction of sp³-hybridized carbons (Fsp3) is 0.250. The molecule has 0 fully saturated rings. The summed E-state index contributed by atoms with van der Waals surface area (Å²) in [5.41, 5.74) is 2.48. The number of nitrogens with zero attached hydrogens (tertiary/aromatic N) is 3. The van der Waals surface area contributed by atoms with E-state index in [9.17, 15) is 13.6 Å². The van der Waals surface area contributed by atoms with Crippen LogP contribution in [0.2, 0.25) is 0 Å². The molecule has 3 rings (SSSR count). The molecule has 136 valence electrons. The lowest BCUT2D eigenvalue weighted by Crippen LogP contribution is -2.28. The average Bonchev–Trinajstić information content (AvgIpc) is 2.97. The van der Waals surface area contributed by atoms with Gasteiger partial charge >= 0.3 is 4.96 Å². The zero-order valence-corrected chi connectivity index (χ0v) is 16.4. The summed E-state index contributed by atoms with van der Waals surface area (Å²) < 4.78 is 27.1. The standard InChI is InChI=1S/C16H14F2N4OS3/c1-9-7-10(2)22-15(19-9)26-16(21-22)24-8-13(23)20-11-3-5-12(6-4-11)25-14(17)18/h3-7,14H,8H2,1-2H3/p+1. The average molecular weight is 414 g/mol. The van der Waals surface area contributed by atoms with E-state index >= 15 is 0 Å². The van der Waals surface area contributed by atoms with Crippen molar-refractivity contribution < 1.29 is 18.1 Å². The van der Waals surface area contributed by atoms with E-state index in [0.29, 0.717) is 22.3 Å². The van der Waals surface area contributed by atoms with Crippen molar-refractivity contribution in [1.82, 2.24) is 10.1 Å². The maximum atomic E-state index is 12.3. The normalized spacial score (nSPS) is 11.3. The number of aromatic nitrogens is 3. The number of amides is 1. The molecule has 26 heavy (non-hydrogen) atoms. The largest absolute Gasteiger partial charge is 0.410 e. The molecular formula is C16H15F2N4OS3+. The molecule has 0 saturated heterocycles. The monoisotopic (exact) mass is 413 g/mol. The van der Waals surface area contributed by atoms with Crippen molar-refractivity contribution in [1.29, 1.82) is 0 Å². The Hall–Kier alpha value is -1.78. The molecule has 0 spiro atoms. The molecule has 1 amide bonds. The van der Waals surface area contributed by atoms with Gasteiger partial charge in [0.1, 0.15) is 5.69 Å². The number of hydrogen-bond acceptors (Lipinski definition) is 6. The van der Waals surface area contributed by atoms with Gasteiger partial charge in [-0.2, -0.15) is 8.78 Å². The topological polar surface area (TPSA) is 59.0 Å². The molecule has 0 bridgehead atoms. The van der Waals surface area contributed by atoms with Gasteiger partial charge in [0.2, 0.25) is 10.2 Å². The number of aryl methyl sites for hydroxylation is 2. The second kappa shape index (κ2) is 8.28. The number of carbonyl (C=O) groups excluding carboxylic acids is 1. The zero-order valence-electron chi connectivity index (χ0n) is 13.9. The number of nitrogens with one attached hydrogen (secondary N) is 1. The second-order valence-electron chi connectivity index (χ2n) is 5.34. The van der Waals surface area contributed by atoms with Gasteiger partial charge in [0.15, 0.2) is 5.69 Å². The first-order valence-corrected chi connectivity index (χ1v) is 10.2. The van der Waals surface area contributed by atoms with Gasteiger partial charge in [-0.05, 0) is 40.6 Å². The van der Waals surface area contributed by atoms with Crippen LogP contribution in [0.15, 0.2) is 39.6 Å². The fourth-order valence-electron chi connectivity index (χ4n) is 2.22. The highest BCUT2D eigenvalue weighted by Crippen LogP contribution is 2.26. The number of hydrogen-bond donors (Lipinski definition) is 1. The third-order valence-electron chi connectivity index (χ3n) is 3.26. The molecule has 10 heteroatoms. The molecule has 0 aliphatic rings. The van der Waals surface area contributed by atoms with Crippen molar-refractivity contribution in [2.45, 2.75) is 28.8 Å². The van der Waals surface area contributed by atoms with Crippen LogP contribution in [0, 0.1) is 13.8 Å². The van der Waals surface area contributed by atoms with E-state index in [4.69, 9.17) is 0 Å². The summed E-state index contributed by atoms with van der Waals surface area (Å²) >= 11 is 3.23. The molecule has 2 aromatic heterocycles. The first-order valence-electron chi connectivity index (χ1n) is 7.55. The maximum absolute atomic E-state index is 12.3. The predicted molar refractivity (Wildman–Crippen MR) is 100 cm³/mol. The molecule has 0 saturated carbocycles. The van der Waals surface area contributed by atoms with E-state index in [-0.39, 0.29) is 11.7 Å². The lowest BCUT2D eigenvalue weighted by Gasteiger charge is -2.05. The van der Waals surface area contributed by atoms with Gasteiger partial charge in [-0.3, -0.25) is 4.79 Å². The number of thioether (sulfide) groups is 2. The minimum atomic E-state index is -2.46. The van der Waals surface area contributed by atoms with Crippen LogP contribution >= 0.6 is 34.9 Å². The lowest BCUT2D eigenvalue weighted by molar-refractivity contribution is -0.588. The molecule has 0 aliphatic carbocycles. The summed E-state index contributed by atoms with van der Waals surface area (Å²) in [6, 6.07) is 8.28. The van der Waals surface area contributed by atoms with E-state index in [1.165, 1.54) is 23.1 Å². The molecule has 3 aromatic rings. The smallest absolute Gasteiger partial charge is 0.325 e. The highest BCUT2D eigenvalue weighted by atomic mass is 32.2. The zero-order chi connectivity index (χ0) is 18.7. The third-order valence-corrected chi connectivity index (χ3v) is 6.02. The van der Waals surface area contributed by atoms with E-state index in [2.05, 4.69) is 15.4 Å². The Morgan fingerprint density at radius 2 is 2.04 bits per heavy atom. The SMILES string of the molecule is Cc1cc(C)[n+]2nc(SCC(=O)Nc3ccc(SC(F)F)cc3)sc2n1. The number of alkyl halides is 2. The molecular weight excluding hydrogens is 398 g/mol. The minimum absolute atomic E-state index is 0.186. The summed E-state index contributed by atoms with van der Waals surface area (Å²) in [4.78, 5) is 17.8. The van der Waals surface area contributed by atoms with Crippen LogP contribution in [0.3, 0.4) is 0 Å². The van der Waals surface area contributed by atoms with Gasteiger partial charge in [-0.1, -0.05) is 33.1 Å². The van der Waals surface area contributed by atoms with Crippen LogP contribution < -0.4 is 9.83 Å². The van der Waals surface area contributed by atoms with Gasteiger partial charge in [-0.25, -0.2) is 0 Å². The Kier molecular flexibility index (Phi) is 6.05. The molecule has 2 heterocycles. The van der Waals surface area contributed by atoms with E-state index in [1.54, 1.807) is 28.8 Å². The number of rotatable bonds is 6. The fourth-order valence-corrected chi connectivity index (χ4v) is 4.56. The number of halogens is 2. The first kappa shape index (κ1) is 19.0. The Labute approximate surface area is 161 Å². The van der Waals surface area contributed by atoms with Crippen LogP contribution in [0.1, 0.15) is 11.4 Å². The summed E-state index contributed by atoms with van der Waals surface area (Å²) in [7, 11) is 0. The quantitative estimate of drug-likeness (QED) is 0.490. The molecule has 0 aliphatic heterocycles. The van der Waals surface area contributed by atoms with Crippen LogP contribution in [-0.4, -0.2) is 27.5 Å². The van der Waals surface area contributed by atoms with Crippen LogP contribution in [0.4, 0.5) is 14.5 Å². The van der Waals surface area contributed by atoms with Crippen molar-refractivity contribution in [3.63, 3.8) is 0 Å². The number of anilines is 1. The van der Waals surface area contributed by atoms with Crippen molar-refractivity contribution in [2.24, 2.45) is 0 Å². The summed E-state index contributed by atoms with van der Waals surface area (Å²) in [6.45, 7) is 3.89. The molecule has 0 atom stereocenters. The van der Waals surface area contributed by atoms with Gasteiger partial charge in [0.25, 0.3) is 5.76 Å². The molecule has 0 radical (unpaired) electrons. The number of benzene rings is 1. The van der Waals surface area contributed by atoms with Gasteiger partial charge in [0, 0.05) is 30.5 Å². The maximum Gasteiger partial charge on any atom is 0.410 e. The second-order valence-corrected chi connectivity index (χ2v) is 8.58. The molecule has 1 aromatic carbocycles. The molecule has 5 nitrogen and oxygen atoms in total. The van der Waals surface area contributed by atoms with Gasteiger partial charge in [-0.15, -0.1) is 0 Å². The lowest BCUT2D eigenvalue weighted by atomic mass is 10.3. The predicted octanol–water partition coefficient (Wildman–Crippen LogP) is 3.94. The van der Waals surface area contributed by atoms with Crippen molar-refractivity contribution in [3.05, 3.63) is 41.7 Å². The molecule has 0 unspecified atom stereocenters. The first-order chi connectivity index (χ1) is 12.4. The highest BCUT2D eigenvalue weighted by Gasteiger charge is 2.17. The summed E-state index contributed by atoms with van der Waals surface area (Å²) in [6.07, 6.45) is 0. The van der Waals surface area contributed by atoms with Crippen LogP contribution in [-0.2, 0) is 4.79 Å². The minimum Gasteiger partial charge on any atom is -0.325 e. The van der Waals surface area contributed by atoms with E-state index in [0.717, 1.165) is 20.7 Å².